The molecule has 0 spiro atoms. The van der Waals surface area contributed by atoms with E-state index in [1.165, 1.54) is 37.2 Å². The number of hydrogen-bond acceptors (Lipinski definition) is 3. The smallest absolute Gasteiger partial charge is 0.0728 e. The molecule has 2 aliphatic rings. The summed E-state index contributed by atoms with van der Waals surface area (Å²) < 4.78 is 5.15. The van der Waals surface area contributed by atoms with Crippen molar-refractivity contribution in [2.24, 2.45) is 0 Å². The van der Waals surface area contributed by atoms with E-state index >= 15 is 0 Å². The molecule has 1 N–H and O–H groups in total. The first-order chi connectivity index (χ1) is 8.40. The van der Waals surface area contributed by atoms with Crippen LogP contribution in [-0.2, 0) is 11.3 Å². The molecule has 92 valence electrons. The van der Waals surface area contributed by atoms with Crippen molar-refractivity contribution in [3.8, 4) is 0 Å². The van der Waals surface area contributed by atoms with Crippen LogP contribution in [0.3, 0.4) is 0 Å². The van der Waals surface area contributed by atoms with Crippen molar-refractivity contribution < 1.29 is 4.74 Å². The van der Waals surface area contributed by atoms with E-state index in [2.05, 4.69) is 34.5 Å². The fourth-order valence-corrected chi connectivity index (χ4v) is 2.46. The van der Waals surface area contributed by atoms with Gasteiger partial charge in [0, 0.05) is 12.2 Å². The molecule has 3 rings (SSSR count). The van der Waals surface area contributed by atoms with Crippen molar-refractivity contribution in [3.05, 3.63) is 29.8 Å². The monoisotopic (exact) mass is 232 g/mol. The SMILES string of the molecule is c1cc(NC2COC2)ccc1CN1CCCC1. The fourth-order valence-electron chi connectivity index (χ4n) is 2.46. The van der Waals surface area contributed by atoms with Crippen molar-refractivity contribution in [3.63, 3.8) is 0 Å². The average molecular weight is 232 g/mol. The molecule has 3 nitrogen and oxygen atoms in total. The minimum atomic E-state index is 0.513. The molecule has 0 saturated carbocycles. The van der Waals surface area contributed by atoms with Crippen LogP contribution in [0.1, 0.15) is 18.4 Å². The van der Waals surface area contributed by atoms with Gasteiger partial charge in [-0.15, -0.1) is 0 Å². The lowest BCUT2D eigenvalue weighted by Crippen LogP contribution is -2.40. The number of rotatable bonds is 4. The number of likely N-dealkylation sites (tertiary alicyclic amines) is 1. The van der Waals surface area contributed by atoms with Gasteiger partial charge in [0.2, 0.25) is 0 Å². The Bertz CT molecular complexity index is 353. The zero-order valence-corrected chi connectivity index (χ0v) is 10.2. The lowest BCUT2D eigenvalue weighted by molar-refractivity contribution is 0.0211. The molecule has 0 amide bonds. The van der Waals surface area contributed by atoms with Crippen LogP contribution in [0.2, 0.25) is 0 Å². The molecular weight excluding hydrogens is 212 g/mol. The summed E-state index contributed by atoms with van der Waals surface area (Å²) in [4.78, 5) is 2.53. The van der Waals surface area contributed by atoms with Crippen LogP contribution in [-0.4, -0.2) is 37.2 Å². The second-order valence-electron chi connectivity index (χ2n) is 5.06. The molecule has 3 heteroatoms. The van der Waals surface area contributed by atoms with Crippen molar-refractivity contribution >= 4 is 5.69 Å². The molecule has 1 aromatic rings. The quantitative estimate of drug-likeness (QED) is 0.860. The van der Waals surface area contributed by atoms with Gasteiger partial charge in [0.25, 0.3) is 0 Å². The van der Waals surface area contributed by atoms with Gasteiger partial charge in [-0.05, 0) is 43.6 Å². The van der Waals surface area contributed by atoms with Gasteiger partial charge in [-0.2, -0.15) is 0 Å². The Hall–Kier alpha value is -1.06. The predicted octanol–water partition coefficient (Wildman–Crippen LogP) is 2.09. The first-order valence-corrected chi connectivity index (χ1v) is 6.56. The second-order valence-corrected chi connectivity index (χ2v) is 5.06. The summed E-state index contributed by atoms with van der Waals surface area (Å²) in [7, 11) is 0. The average Bonchev–Trinajstić information content (AvgIpc) is 2.78. The normalized spacial score (nSPS) is 21.4. The molecule has 2 saturated heterocycles. The molecule has 0 radical (unpaired) electrons. The van der Waals surface area contributed by atoms with Crippen molar-refractivity contribution in [1.82, 2.24) is 4.90 Å². The maximum atomic E-state index is 5.15. The van der Waals surface area contributed by atoms with Crippen molar-refractivity contribution in [2.75, 3.05) is 31.6 Å². The summed E-state index contributed by atoms with van der Waals surface area (Å²) in [6, 6.07) is 9.35. The molecule has 0 bridgehead atoms. The summed E-state index contributed by atoms with van der Waals surface area (Å²) in [6.45, 7) is 5.32. The van der Waals surface area contributed by atoms with E-state index in [1.54, 1.807) is 0 Å². The molecular formula is C14H20N2O. The van der Waals surface area contributed by atoms with Gasteiger partial charge in [-0.3, -0.25) is 4.90 Å². The third-order valence-electron chi connectivity index (χ3n) is 3.57. The molecule has 0 aromatic heterocycles. The van der Waals surface area contributed by atoms with Crippen LogP contribution in [0.25, 0.3) is 0 Å². The summed E-state index contributed by atoms with van der Waals surface area (Å²) in [5.74, 6) is 0. The highest BCUT2D eigenvalue weighted by Gasteiger charge is 2.17. The summed E-state index contributed by atoms with van der Waals surface area (Å²) in [5, 5.41) is 3.46. The number of nitrogens with one attached hydrogen (secondary N) is 1. The number of ether oxygens (including phenoxy) is 1. The van der Waals surface area contributed by atoms with E-state index in [0.717, 1.165) is 19.8 Å². The van der Waals surface area contributed by atoms with E-state index in [9.17, 15) is 0 Å². The minimum absolute atomic E-state index is 0.513. The van der Waals surface area contributed by atoms with Crippen LogP contribution in [0.15, 0.2) is 24.3 Å². The largest absolute Gasteiger partial charge is 0.378 e. The summed E-state index contributed by atoms with van der Waals surface area (Å²) >= 11 is 0. The molecule has 2 heterocycles. The zero-order chi connectivity index (χ0) is 11.5. The number of anilines is 1. The topological polar surface area (TPSA) is 24.5 Å². The van der Waals surface area contributed by atoms with Gasteiger partial charge in [0.1, 0.15) is 0 Å². The third-order valence-corrected chi connectivity index (χ3v) is 3.57. The molecule has 2 aliphatic heterocycles. The highest BCUT2D eigenvalue weighted by atomic mass is 16.5. The van der Waals surface area contributed by atoms with Gasteiger partial charge in [-0.1, -0.05) is 12.1 Å². The lowest BCUT2D eigenvalue weighted by Gasteiger charge is -2.27. The Kier molecular flexibility index (Phi) is 3.29. The molecule has 2 fully saturated rings. The number of hydrogen-bond donors (Lipinski definition) is 1. The van der Waals surface area contributed by atoms with Gasteiger partial charge in [-0.25, -0.2) is 0 Å². The number of nitrogens with zero attached hydrogens (tertiary/aromatic N) is 1. The first kappa shape index (κ1) is 11.1. The van der Waals surface area contributed by atoms with E-state index in [0.29, 0.717) is 6.04 Å². The van der Waals surface area contributed by atoms with Crippen molar-refractivity contribution in [2.45, 2.75) is 25.4 Å². The predicted molar refractivity (Wildman–Crippen MR) is 69.2 cm³/mol. The molecule has 17 heavy (non-hydrogen) atoms. The van der Waals surface area contributed by atoms with Crippen LogP contribution in [0.4, 0.5) is 5.69 Å². The van der Waals surface area contributed by atoms with Gasteiger partial charge < -0.3 is 10.1 Å². The maximum absolute atomic E-state index is 5.15. The standard InChI is InChI=1S/C14H20N2O/c1-2-8-16(7-1)9-12-3-5-13(6-4-12)15-14-10-17-11-14/h3-6,14-15H,1-2,7-11H2. The fraction of sp³-hybridized carbons (Fsp3) is 0.571. The van der Waals surface area contributed by atoms with Crippen LogP contribution < -0.4 is 5.32 Å². The van der Waals surface area contributed by atoms with Gasteiger partial charge in [0.05, 0.1) is 19.3 Å². The first-order valence-electron chi connectivity index (χ1n) is 6.56. The molecule has 0 unspecified atom stereocenters. The summed E-state index contributed by atoms with van der Waals surface area (Å²) in [5.41, 5.74) is 2.63. The van der Waals surface area contributed by atoms with Gasteiger partial charge in [0.15, 0.2) is 0 Å². The van der Waals surface area contributed by atoms with Crippen LogP contribution in [0.5, 0.6) is 0 Å². The Morgan fingerprint density at radius 2 is 1.82 bits per heavy atom. The van der Waals surface area contributed by atoms with Crippen LogP contribution in [0, 0.1) is 0 Å². The van der Waals surface area contributed by atoms with E-state index in [-0.39, 0.29) is 0 Å². The molecule has 0 aliphatic carbocycles. The Morgan fingerprint density at radius 3 is 2.41 bits per heavy atom. The maximum Gasteiger partial charge on any atom is 0.0728 e. The minimum Gasteiger partial charge on any atom is -0.378 e. The Labute approximate surface area is 103 Å². The highest BCUT2D eigenvalue weighted by molar-refractivity contribution is 5.45. The zero-order valence-electron chi connectivity index (χ0n) is 10.2. The molecule has 0 atom stereocenters. The van der Waals surface area contributed by atoms with Crippen molar-refractivity contribution in [1.29, 1.82) is 0 Å². The summed E-state index contributed by atoms with van der Waals surface area (Å²) in [6.07, 6.45) is 2.72. The Morgan fingerprint density at radius 1 is 1.12 bits per heavy atom. The third kappa shape index (κ3) is 2.79. The molecule has 1 aromatic carbocycles. The van der Waals surface area contributed by atoms with E-state index < -0.39 is 0 Å². The van der Waals surface area contributed by atoms with Gasteiger partial charge >= 0.3 is 0 Å². The highest BCUT2D eigenvalue weighted by Crippen LogP contribution is 2.16. The van der Waals surface area contributed by atoms with E-state index in [4.69, 9.17) is 4.74 Å². The van der Waals surface area contributed by atoms with Crippen LogP contribution >= 0.6 is 0 Å². The Balaban J connectivity index is 1.55. The lowest BCUT2D eigenvalue weighted by atomic mass is 10.1. The second kappa shape index (κ2) is 5.07. The number of benzene rings is 1. The van der Waals surface area contributed by atoms with E-state index in [1.807, 2.05) is 0 Å².